The highest BCUT2D eigenvalue weighted by molar-refractivity contribution is 6.05. The van der Waals surface area contributed by atoms with Gasteiger partial charge in [0.2, 0.25) is 5.60 Å². The van der Waals surface area contributed by atoms with E-state index in [0.717, 1.165) is 11.0 Å². The number of halogens is 3. The predicted molar refractivity (Wildman–Crippen MR) is 132 cm³/mol. The van der Waals surface area contributed by atoms with E-state index in [1.807, 2.05) is 0 Å². The molecule has 1 unspecified atom stereocenters. The number of nitrogens with two attached hydrogens (primary N) is 1. The Bertz CT molecular complexity index is 1090. The molecule has 3 amide bonds. The van der Waals surface area contributed by atoms with Crippen molar-refractivity contribution in [2.75, 3.05) is 44.7 Å². The van der Waals surface area contributed by atoms with Crippen molar-refractivity contribution in [2.45, 2.75) is 64.0 Å². The molecule has 0 spiro atoms. The standard InChI is InChI=1S/C25H35F3N4O6/c1-23(2,3)38-22(36)31-9-6-7-15(13-31)30(5)20(34)16-11-18-19(12-17(16)25(26,27)28)37-24(4,14-33)21(35)32(18)10-8-29/h11-12,15,33H,6-10,13-14,29H2,1-5H3/t15-,24?/m1/s1. The second-order valence-electron chi connectivity index (χ2n) is 10.7. The average Bonchev–Trinajstić information content (AvgIpc) is 2.83. The Morgan fingerprint density at radius 1 is 1.29 bits per heavy atom. The summed E-state index contributed by atoms with van der Waals surface area (Å²) in [5, 5.41) is 9.72. The summed E-state index contributed by atoms with van der Waals surface area (Å²) >= 11 is 0. The highest BCUT2D eigenvalue weighted by Gasteiger charge is 2.47. The highest BCUT2D eigenvalue weighted by Crippen LogP contribution is 2.44. The number of rotatable bonds is 5. The van der Waals surface area contributed by atoms with Crippen LogP contribution < -0.4 is 15.4 Å². The lowest BCUT2D eigenvalue weighted by Gasteiger charge is -2.41. The smallest absolute Gasteiger partial charge is 0.417 e. The zero-order valence-corrected chi connectivity index (χ0v) is 22.2. The molecule has 0 radical (unpaired) electrons. The number of fused-ring (bicyclic) bond motifs is 1. The van der Waals surface area contributed by atoms with Crippen molar-refractivity contribution in [1.29, 1.82) is 0 Å². The number of benzene rings is 1. The Hall–Kier alpha value is -3.06. The van der Waals surface area contributed by atoms with Crippen molar-refractivity contribution in [3.05, 3.63) is 23.3 Å². The zero-order chi connectivity index (χ0) is 28.6. The number of alkyl halides is 3. The molecular weight excluding hydrogens is 509 g/mol. The first-order chi connectivity index (χ1) is 17.5. The molecule has 3 rings (SSSR count). The Balaban J connectivity index is 1.99. The summed E-state index contributed by atoms with van der Waals surface area (Å²) in [6.45, 7) is 6.09. The Morgan fingerprint density at radius 3 is 2.50 bits per heavy atom. The number of anilines is 1. The van der Waals surface area contributed by atoms with E-state index in [1.165, 1.54) is 23.8 Å². The van der Waals surface area contributed by atoms with E-state index in [-0.39, 0.29) is 31.1 Å². The average molecular weight is 545 g/mol. The van der Waals surface area contributed by atoms with Crippen molar-refractivity contribution in [1.82, 2.24) is 9.80 Å². The number of piperidine rings is 1. The van der Waals surface area contributed by atoms with E-state index in [9.17, 15) is 32.7 Å². The second-order valence-corrected chi connectivity index (χ2v) is 10.7. The lowest BCUT2D eigenvalue weighted by Crippen LogP contribution is -2.57. The minimum absolute atomic E-state index is 0.0144. The normalized spacial score (nSPS) is 22.1. The maximum atomic E-state index is 14.2. The number of likely N-dealkylation sites (N-methyl/N-ethyl adjacent to an activating group) is 1. The third-order valence-electron chi connectivity index (χ3n) is 6.53. The van der Waals surface area contributed by atoms with Crippen molar-refractivity contribution in [3.63, 3.8) is 0 Å². The summed E-state index contributed by atoms with van der Waals surface area (Å²) in [6, 6.07) is 1.10. The van der Waals surface area contributed by atoms with E-state index >= 15 is 0 Å². The van der Waals surface area contributed by atoms with Crippen molar-refractivity contribution >= 4 is 23.6 Å². The van der Waals surface area contributed by atoms with E-state index in [0.29, 0.717) is 25.5 Å². The van der Waals surface area contributed by atoms with E-state index in [2.05, 4.69) is 0 Å². The van der Waals surface area contributed by atoms with Crippen LogP contribution in [0.4, 0.5) is 23.7 Å². The molecule has 2 aliphatic heterocycles. The Labute approximate surface area is 219 Å². The number of aliphatic hydroxyl groups excluding tert-OH is 1. The quantitative estimate of drug-likeness (QED) is 0.584. The monoisotopic (exact) mass is 544 g/mol. The minimum atomic E-state index is -4.92. The van der Waals surface area contributed by atoms with Crippen LogP contribution in [0.5, 0.6) is 5.75 Å². The Morgan fingerprint density at radius 2 is 1.95 bits per heavy atom. The van der Waals surface area contributed by atoms with Crippen LogP contribution >= 0.6 is 0 Å². The molecule has 2 aliphatic rings. The predicted octanol–water partition coefficient (Wildman–Crippen LogP) is 2.61. The molecule has 2 atom stereocenters. The van der Waals surface area contributed by atoms with Gasteiger partial charge in [0.05, 0.1) is 23.4 Å². The summed E-state index contributed by atoms with van der Waals surface area (Å²) in [6.07, 6.45) is -4.48. The summed E-state index contributed by atoms with van der Waals surface area (Å²) in [7, 11) is 1.38. The number of nitrogens with zero attached hydrogens (tertiary/aromatic N) is 3. The number of ether oxygens (including phenoxy) is 2. The topological polar surface area (TPSA) is 126 Å². The van der Waals surface area contributed by atoms with Gasteiger partial charge in [-0.05, 0) is 52.7 Å². The van der Waals surface area contributed by atoms with Crippen LogP contribution in [0.15, 0.2) is 12.1 Å². The molecule has 212 valence electrons. The molecule has 13 heteroatoms. The van der Waals surface area contributed by atoms with Gasteiger partial charge in [0.15, 0.2) is 0 Å². The number of hydrogen-bond donors (Lipinski definition) is 2. The first-order valence-electron chi connectivity index (χ1n) is 12.3. The number of carbonyl (C=O) groups excluding carboxylic acids is 3. The molecule has 1 aromatic carbocycles. The third-order valence-corrected chi connectivity index (χ3v) is 6.53. The van der Waals surface area contributed by atoms with Crippen LogP contribution in [0.25, 0.3) is 0 Å². The Kier molecular flexibility index (Phi) is 8.23. The molecule has 1 aromatic rings. The first-order valence-corrected chi connectivity index (χ1v) is 12.3. The summed E-state index contributed by atoms with van der Waals surface area (Å²) in [4.78, 5) is 42.8. The van der Waals surface area contributed by atoms with Gasteiger partial charge in [-0.25, -0.2) is 4.79 Å². The van der Waals surface area contributed by atoms with Crippen LogP contribution in [0, 0.1) is 0 Å². The van der Waals surface area contributed by atoms with Gasteiger partial charge in [-0.1, -0.05) is 0 Å². The largest absolute Gasteiger partial charge is 0.473 e. The number of carbonyl (C=O) groups is 3. The van der Waals surface area contributed by atoms with Gasteiger partial charge in [0, 0.05) is 39.3 Å². The fourth-order valence-electron chi connectivity index (χ4n) is 4.52. The van der Waals surface area contributed by atoms with Crippen molar-refractivity contribution in [3.8, 4) is 5.75 Å². The molecular formula is C25H35F3N4O6. The van der Waals surface area contributed by atoms with Crippen LogP contribution in [0.2, 0.25) is 0 Å². The van der Waals surface area contributed by atoms with Crippen LogP contribution in [-0.2, 0) is 15.7 Å². The molecule has 0 bridgehead atoms. The maximum absolute atomic E-state index is 14.2. The van der Waals surface area contributed by atoms with Gasteiger partial charge in [-0.2, -0.15) is 13.2 Å². The number of aliphatic hydroxyl groups is 1. The lowest BCUT2D eigenvalue weighted by atomic mass is 9.97. The second kappa shape index (κ2) is 10.6. The van der Waals surface area contributed by atoms with E-state index in [1.54, 1.807) is 20.8 Å². The van der Waals surface area contributed by atoms with Crippen LogP contribution in [0.3, 0.4) is 0 Å². The number of amides is 3. The van der Waals surface area contributed by atoms with Gasteiger partial charge in [-0.15, -0.1) is 0 Å². The fourth-order valence-corrected chi connectivity index (χ4v) is 4.52. The molecule has 2 heterocycles. The molecule has 0 aliphatic carbocycles. The van der Waals surface area contributed by atoms with Crippen molar-refractivity contribution in [2.24, 2.45) is 5.73 Å². The van der Waals surface area contributed by atoms with Crippen molar-refractivity contribution < 1.29 is 42.1 Å². The van der Waals surface area contributed by atoms with Gasteiger partial charge in [0.25, 0.3) is 11.8 Å². The zero-order valence-electron chi connectivity index (χ0n) is 22.2. The van der Waals surface area contributed by atoms with E-state index < -0.39 is 59.1 Å². The molecule has 1 fully saturated rings. The van der Waals surface area contributed by atoms with Crippen LogP contribution in [-0.4, -0.2) is 89.9 Å². The number of likely N-dealkylation sites (tertiary alicyclic amines) is 1. The van der Waals surface area contributed by atoms with Gasteiger partial charge in [0.1, 0.15) is 11.4 Å². The first kappa shape index (κ1) is 29.5. The van der Waals surface area contributed by atoms with Crippen LogP contribution in [0.1, 0.15) is 56.5 Å². The summed E-state index contributed by atoms with van der Waals surface area (Å²) < 4.78 is 53.4. The molecule has 38 heavy (non-hydrogen) atoms. The van der Waals surface area contributed by atoms with Gasteiger partial charge in [-0.3, -0.25) is 9.59 Å². The van der Waals surface area contributed by atoms with Gasteiger partial charge >= 0.3 is 12.3 Å². The van der Waals surface area contributed by atoms with Gasteiger partial charge < -0.3 is 35.0 Å². The molecule has 0 saturated carbocycles. The summed E-state index contributed by atoms with van der Waals surface area (Å²) in [5.74, 6) is -1.91. The molecule has 1 saturated heterocycles. The molecule has 10 nitrogen and oxygen atoms in total. The van der Waals surface area contributed by atoms with E-state index in [4.69, 9.17) is 15.2 Å². The maximum Gasteiger partial charge on any atom is 0.417 e. The minimum Gasteiger partial charge on any atom is -0.473 e. The molecule has 3 N–H and O–H groups in total. The molecule has 0 aromatic heterocycles. The SMILES string of the molecule is CN(C(=O)c1cc2c(cc1C(F)(F)F)OC(C)(CO)C(=O)N2CCN)[C@@H]1CCCN(C(=O)OC(C)(C)C)C1. The lowest BCUT2D eigenvalue weighted by molar-refractivity contribution is -0.139. The highest BCUT2D eigenvalue weighted by atomic mass is 19.4. The fraction of sp³-hybridized carbons (Fsp3) is 0.640. The number of hydrogen-bond acceptors (Lipinski definition) is 7. The summed E-state index contributed by atoms with van der Waals surface area (Å²) in [5.41, 5.74) is 1.15. The third kappa shape index (κ3) is 5.98.